The molecule has 0 radical (unpaired) electrons. The van der Waals surface area contributed by atoms with E-state index < -0.39 is 5.91 Å². The van der Waals surface area contributed by atoms with Crippen LogP contribution in [0.1, 0.15) is 10.4 Å². The lowest BCUT2D eigenvalue weighted by Crippen LogP contribution is -2.13. The Labute approximate surface area is 144 Å². The first kappa shape index (κ1) is 16.0. The lowest BCUT2D eigenvalue weighted by molar-refractivity contribution is 0.100. The van der Waals surface area contributed by atoms with E-state index in [1.807, 2.05) is 42.5 Å². The van der Waals surface area contributed by atoms with Gasteiger partial charge in [-0.15, -0.1) is 0 Å². The van der Waals surface area contributed by atoms with Crippen LogP contribution in [0.15, 0.2) is 82.6 Å². The lowest BCUT2D eigenvalue weighted by atomic mass is 10.1. The van der Waals surface area contributed by atoms with Crippen LogP contribution in [0.25, 0.3) is 0 Å². The number of nitrogens with one attached hydrogen (secondary N) is 1. The molecule has 0 fully saturated rings. The zero-order chi connectivity index (χ0) is 16.9. The first-order valence-electron chi connectivity index (χ1n) is 7.42. The fourth-order valence-electron chi connectivity index (χ4n) is 2.29. The van der Waals surface area contributed by atoms with Crippen molar-refractivity contribution in [3.63, 3.8) is 0 Å². The summed E-state index contributed by atoms with van der Waals surface area (Å²) in [6.07, 6.45) is 0. The number of para-hydroxylation sites is 1. The van der Waals surface area contributed by atoms with Gasteiger partial charge in [0, 0.05) is 15.5 Å². The minimum Gasteiger partial charge on any atom is -0.399 e. The molecular weight excluding hydrogens is 318 g/mol. The van der Waals surface area contributed by atoms with E-state index in [9.17, 15) is 4.79 Å². The molecule has 0 atom stereocenters. The number of rotatable bonds is 5. The summed E-state index contributed by atoms with van der Waals surface area (Å²) < 4.78 is 0. The monoisotopic (exact) mass is 335 g/mol. The smallest absolute Gasteiger partial charge is 0.250 e. The Morgan fingerprint density at radius 3 is 2.33 bits per heavy atom. The average Bonchev–Trinajstić information content (AvgIpc) is 2.59. The predicted molar refractivity (Wildman–Crippen MR) is 99.7 cm³/mol. The topological polar surface area (TPSA) is 81.1 Å². The van der Waals surface area contributed by atoms with E-state index in [2.05, 4.69) is 17.4 Å². The molecule has 1 amide bonds. The summed E-state index contributed by atoms with van der Waals surface area (Å²) in [6, 6.07) is 23.1. The number of benzene rings is 3. The maximum Gasteiger partial charge on any atom is 0.250 e. The first-order chi connectivity index (χ1) is 11.6. The molecule has 5 heteroatoms. The molecule has 0 unspecified atom stereocenters. The van der Waals surface area contributed by atoms with Crippen LogP contribution in [0.3, 0.4) is 0 Å². The van der Waals surface area contributed by atoms with E-state index in [-0.39, 0.29) is 0 Å². The van der Waals surface area contributed by atoms with Crippen LogP contribution in [0.4, 0.5) is 17.1 Å². The third-order valence-electron chi connectivity index (χ3n) is 3.44. The van der Waals surface area contributed by atoms with Gasteiger partial charge in [-0.1, -0.05) is 42.1 Å². The van der Waals surface area contributed by atoms with Gasteiger partial charge in [0.05, 0.1) is 16.9 Å². The number of nitrogens with two attached hydrogens (primary N) is 2. The average molecular weight is 335 g/mol. The highest BCUT2D eigenvalue weighted by Crippen LogP contribution is 2.35. The van der Waals surface area contributed by atoms with Crippen LogP contribution in [0.5, 0.6) is 0 Å². The quantitative estimate of drug-likeness (QED) is 0.608. The summed E-state index contributed by atoms with van der Waals surface area (Å²) >= 11 is 1.65. The minimum atomic E-state index is -0.516. The number of anilines is 3. The van der Waals surface area contributed by atoms with Gasteiger partial charge in [-0.2, -0.15) is 0 Å². The van der Waals surface area contributed by atoms with Crippen molar-refractivity contribution in [2.24, 2.45) is 5.73 Å². The van der Waals surface area contributed by atoms with Crippen molar-refractivity contribution in [2.75, 3.05) is 11.1 Å². The highest BCUT2D eigenvalue weighted by molar-refractivity contribution is 7.99. The second kappa shape index (κ2) is 7.10. The third kappa shape index (κ3) is 3.70. The maximum atomic E-state index is 11.7. The van der Waals surface area contributed by atoms with Gasteiger partial charge in [0.2, 0.25) is 0 Å². The van der Waals surface area contributed by atoms with E-state index >= 15 is 0 Å². The van der Waals surface area contributed by atoms with E-state index in [0.29, 0.717) is 16.9 Å². The molecule has 0 aliphatic carbocycles. The Balaban J connectivity index is 1.93. The van der Waals surface area contributed by atoms with Crippen LogP contribution < -0.4 is 16.8 Å². The first-order valence-corrected chi connectivity index (χ1v) is 8.23. The third-order valence-corrected chi connectivity index (χ3v) is 4.52. The van der Waals surface area contributed by atoms with Crippen molar-refractivity contribution in [2.45, 2.75) is 9.79 Å². The summed E-state index contributed by atoms with van der Waals surface area (Å²) in [5, 5.41) is 3.29. The molecule has 5 N–H and O–H groups in total. The van der Waals surface area contributed by atoms with Gasteiger partial charge in [0.15, 0.2) is 0 Å². The normalized spacial score (nSPS) is 10.3. The molecule has 0 aliphatic heterocycles. The Morgan fingerprint density at radius 1 is 0.875 bits per heavy atom. The number of amides is 1. The molecule has 0 aromatic heterocycles. The van der Waals surface area contributed by atoms with Crippen molar-refractivity contribution in [3.8, 4) is 0 Å². The summed E-state index contributed by atoms with van der Waals surface area (Å²) in [5.41, 5.74) is 13.6. The highest BCUT2D eigenvalue weighted by Gasteiger charge is 2.11. The van der Waals surface area contributed by atoms with Crippen LogP contribution in [-0.4, -0.2) is 5.91 Å². The summed E-state index contributed by atoms with van der Waals surface area (Å²) in [6.45, 7) is 0. The van der Waals surface area contributed by atoms with Gasteiger partial charge in [-0.25, -0.2) is 0 Å². The number of carbonyl (C=O) groups excluding carboxylic acids is 1. The fourth-order valence-corrected chi connectivity index (χ4v) is 3.22. The zero-order valence-electron chi connectivity index (χ0n) is 12.9. The predicted octanol–water partition coefficient (Wildman–Crippen LogP) is 4.26. The van der Waals surface area contributed by atoms with E-state index in [0.717, 1.165) is 15.5 Å². The van der Waals surface area contributed by atoms with Crippen LogP contribution >= 0.6 is 11.8 Å². The molecule has 24 heavy (non-hydrogen) atoms. The number of carbonyl (C=O) groups is 1. The van der Waals surface area contributed by atoms with Gasteiger partial charge >= 0.3 is 0 Å². The molecule has 4 nitrogen and oxygen atoms in total. The molecule has 120 valence electrons. The Kier molecular flexibility index (Phi) is 4.72. The molecule has 0 spiro atoms. The number of hydrogen-bond acceptors (Lipinski definition) is 4. The van der Waals surface area contributed by atoms with Crippen molar-refractivity contribution >= 4 is 34.7 Å². The van der Waals surface area contributed by atoms with E-state index in [4.69, 9.17) is 11.5 Å². The van der Waals surface area contributed by atoms with E-state index in [1.165, 1.54) is 0 Å². The number of hydrogen-bond donors (Lipinski definition) is 3. The van der Waals surface area contributed by atoms with Crippen molar-refractivity contribution in [1.82, 2.24) is 0 Å². The minimum absolute atomic E-state index is 0.370. The largest absolute Gasteiger partial charge is 0.399 e. The maximum absolute atomic E-state index is 11.7. The van der Waals surface area contributed by atoms with Gasteiger partial charge in [-0.05, 0) is 42.5 Å². The van der Waals surface area contributed by atoms with Gasteiger partial charge in [-0.3, -0.25) is 4.79 Å². The molecule has 0 bridgehead atoms. The highest BCUT2D eigenvalue weighted by atomic mass is 32.2. The summed E-state index contributed by atoms with van der Waals surface area (Å²) in [5.74, 6) is -0.516. The lowest BCUT2D eigenvalue weighted by Gasteiger charge is -2.14. The summed E-state index contributed by atoms with van der Waals surface area (Å²) in [4.78, 5) is 13.9. The van der Waals surface area contributed by atoms with Crippen LogP contribution in [-0.2, 0) is 0 Å². The fraction of sp³-hybridized carbons (Fsp3) is 0. The summed E-state index contributed by atoms with van der Waals surface area (Å²) in [7, 11) is 0. The molecule has 0 saturated carbocycles. The van der Waals surface area contributed by atoms with Gasteiger partial charge < -0.3 is 16.8 Å². The molecule has 3 aromatic rings. The molecule has 3 rings (SSSR count). The van der Waals surface area contributed by atoms with Crippen molar-refractivity contribution < 1.29 is 4.79 Å². The van der Waals surface area contributed by atoms with Gasteiger partial charge in [0.1, 0.15) is 0 Å². The Morgan fingerprint density at radius 2 is 1.58 bits per heavy atom. The van der Waals surface area contributed by atoms with Crippen LogP contribution in [0.2, 0.25) is 0 Å². The molecule has 3 aromatic carbocycles. The standard InChI is InChI=1S/C19H17N3OS/c20-13-10-11-16(15(12-13)19(21)23)22-17-8-4-5-9-18(17)24-14-6-2-1-3-7-14/h1-12,22H,20H2,(H2,21,23). The van der Waals surface area contributed by atoms with E-state index in [1.54, 1.807) is 30.0 Å². The SMILES string of the molecule is NC(=O)c1cc(N)ccc1Nc1ccccc1Sc1ccccc1. The number of nitrogen functional groups attached to an aromatic ring is 1. The van der Waals surface area contributed by atoms with Crippen molar-refractivity contribution in [3.05, 3.63) is 78.4 Å². The molecular formula is C19H17N3OS. The molecule has 0 aliphatic rings. The molecule has 0 heterocycles. The van der Waals surface area contributed by atoms with Crippen molar-refractivity contribution in [1.29, 1.82) is 0 Å². The van der Waals surface area contributed by atoms with Crippen LogP contribution in [0, 0.1) is 0 Å². The Bertz CT molecular complexity index is 865. The zero-order valence-corrected chi connectivity index (χ0v) is 13.7. The second-order valence-corrected chi connectivity index (χ2v) is 6.32. The molecule has 0 saturated heterocycles. The number of primary amides is 1. The van der Waals surface area contributed by atoms with Gasteiger partial charge in [0.25, 0.3) is 5.91 Å². The second-order valence-electron chi connectivity index (χ2n) is 5.21. The Hall–Kier alpha value is -2.92.